The van der Waals surface area contributed by atoms with Crippen molar-refractivity contribution in [3.05, 3.63) is 0 Å². The number of nitrogens with one attached hydrogen (secondary N) is 1. The van der Waals surface area contributed by atoms with Gasteiger partial charge in [-0.1, -0.05) is 0 Å². The molecule has 0 radical (unpaired) electrons. The Balaban J connectivity index is 3.59. The minimum Gasteiger partial charge on any atom is -0.481 e. The summed E-state index contributed by atoms with van der Waals surface area (Å²) in [4.78, 5) is 24.4. The smallest absolute Gasteiger partial charge is 0.305 e. The molecule has 0 saturated heterocycles. The molecule has 2 N–H and O–H groups in total. The van der Waals surface area contributed by atoms with Gasteiger partial charge in [-0.15, -0.1) is 0 Å². The van der Waals surface area contributed by atoms with E-state index in [0.717, 1.165) is 0 Å². The van der Waals surface area contributed by atoms with E-state index >= 15 is 0 Å². The lowest BCUT2D eigenvalue weighted by atomic mass is 10.2. The summed E-state index contributed by atoms with van der Waals surface area (Å²) in [5.41, 5.74) is 2.21. The summed E-state index contributed by atoms with van der Waals surface area (Å²) >= 11 is 0. The monoisotopic (exact) mass is 147 g/mol. The fraction of sp³-hybridized carbons (Fsp3) is 0.600. The number of hydrogen-bond donors (Lipinski definition) is 2. The summed E-state index contributed by atoms with van der Waals surface area (Å²) in [6.45, 7) is 0. The Morgan fingerprint density at radius 3 is 2.80 bits per heavy atom. The number of aliphatic carboxylic acids is 1. The van der Waals surface area contributed by atoms with Gasteiger partial charge in [-0.05, 0) is 0 Å². The molecule has 0 heterocycles. The van der Waals surface area contributed by atoms with Crippen LogP contribution in [-0.2, 0) is 14.4 Å². The highest BCUT2D eigenvalue weighted by Gasteiger charge is 2.10. The Bertz CT molecular complexity index is 125. The van der Waals surface area contributed by atoms with E-state index in [1.165, 1.54) is 7.11 Å². The molecule has 0 aliphatic heterocycles. The Morgan fingerprint density at radius 1 is 1.90 bits per heavy atom. The first-order valence-corrected chi connectivity index (χ1v) is 2.66. The Morgan fingerprint density at radius 2 is 2.50 bits per heavy atom. The van der Waals surface area contributed by atoms with E-state index in [2.05, 4.69) is 10.3 Å². The van der Waals surface area contributed by atoms with Crippen molar-refractivity contribution >= 4 is 12.3 Å². The van der Waals surface area contributed by atoms with Gasteiger partial charge >= 0.3 is 5.97 Å². The molecular formula is C5H9NO4. The number of carbonyl (C=O) groups is 2. The molecule has 0 bridgehead atoms. The van der Waals surface area contributed by atoms with Gasteiger partial charge in [0.1, 0.15) is 6.29 Å². The molecule has 0 aliphatic rings. The molecule has 5 heteroatoms. The first-order valence-electron chi connectivity index (χ1n) is 2.66. The maximum atomic E-state index is 10.0. The van der Waals surface area contributed by atoms with Gasteiger partial charge in [0.15, 0.2) is 0 Å². The molecule has 0 amide bonds. The highest BCUT2D eigenvalue weighted by molar-refractivity contribution is 5.73. The molecule has 10 heavy (non-hydrogen) atoms. The average Bonchev–Trinajstić information content (AvgIpc) is 1.86. The van der Waals surface area contributed by atoms with Crippen molar-refractivity contribution in [2.75, 3.05) is 7.11 Å². The molecule has 0 spiro atoms. The van der Waals surface area contributed by atoms with Gasteiger partial charge in [0.05, 0.1) is 19.6 Å². The Labute approximate surface area is 57.9 Å². The normalized spacial score (nSPS) is 12.5. The summed E-state index contributed by atoms with van der Waals surface area (Å²) in [6, 6.07) is -0.762. The van der Waals surface area contributed by atoms with Gasteiger partial charge in [0.25, 0.3) is 0 Å². The first-order chi connectivity index (χ1) is 4.70. The number of rotatable bonds is 5. The van der Waals surface area contributed by atoms with Crippen LogP contribution in [0.3, 0.4) is 0 Å². The van der Waals surface area contributed by atoms with Gasteiger partial charge in [-0.2, -0.15) is 5.48 Å². The minimum atomic E-state index is -1.04. The van der Waals surface area contributed by atoms with E-state index in [1.54, 1.807) is 0 Å². The topological polar surface area (TPSA) is 75.6 Å². The summed E-state index contributed by atoms with van der Waals surface area (Å²) in [5.74, 6) is -1.04. The van der Waals surface area contributed by atoms with Gasteiger partial charge in [-0.25, -0.2) is 0 Å². The number of aldehydes is 1. The van der Waals surface area contributed by atoms with Crippen LogP contribution in [0.15, 0.2) is 0 Å². The molecule has 5 nitrogen and oxygen atoms in total. The molecule has 0 aromatic heterocycles. The standard InChI is InChI=1S/C5H9NO4/c1-10-6-4(3-7)2-5(8)9/h3-4,6H,2H2,1H3,(H,8,9)/t4-/m0/s1. The number of hydrogen-bond acceptors (Lipinski definition) is 4. The van der Waals surface area contributed by atoms with E-state index in [0.29, 0.717) is 6.29 Å². The Kier molecular flexibility index (Phi) is 4.43. The van der Waals surface area contributed by atoms with E-state index in [-0.39, 0.29) is 6.42 Å². The van der Waals surface area contributed by atoms with Crippen molar-refractivity contribution < 1.29 is 19.5 Å². The SMILES string of the molecule is CON[C@H](C=O)CC(=O)O. The van der Waals surface area contributed by atoms with Gasteiger partial charge in [0, 0.05) is 0 Å². The molecule has 0 aliphatic carbocycles. The molecule has 0 rings (SSSR count). The van der Waals surface area contributed by atoms with Crippen molar-refractivity contribution in [3.63, 3.8) is 0 Å². The summed E-state index contributed by atoms with van der Waals surface area (Å²) < 4.78 is 0. The van der Waals surface area contributed by atoms with Crippen LogP contribution < -0.4 is 5.48 Å². The fourth-order valence-electron chi connectivity index (χ4n) is 0.457. The van der Waals surface area contributed by atoms with Crippen LogP contribution in [0.25, 0.3) is 0 Å². The van der Waals surface area contributed by atoms with Crippen molar-refractivity contribution in [1.82, 2.24) is 5.48 Å². The largest absolute Gasteiger partial charge is 0.481 e. The van der Waals surface area contributed by atoms with Gasteiger partial charge in [0.2, 0.25) is 0 Å². The quantitative estimate of drug-likeness (QED) is 0.392. The van der Waals surface area contributed by atoms with E-state index < -0.39 is 12.0 Å². The predicted octanol–water partition coefficient (Wildman–Crippen LogP) is -0.820. The third kappa shape index (κ3) is 3.99. The minimum absolute atomic E-state index is 0.267. The zero-order chi connectivity index (χ0) is 7.98. The summed E-state index contributed by atoms with van der Waals surface area (Å²) in [5, 5.41) is 8.19. The van der Waals surface area contributed by atoms with E-state index in [9.17, 15) is 9.59 Å². The predicted molar refractivity (Wildman–Crippen MR) is 32.2 cm³/mol. The maximum absolute atomic E-state index is 10.0. The number of hydroxylamine groups is 1. The first kappa shape index (κ1) is 9.06. The van der Waals surface area contributed by atoms with Crippen molar-refractivity contribution in [2.24, 2.45) is 0 Å². The second kappa shape index (κ2) is 4.89. The zero-order valence-corrected chi connectivity index (χ0v) is 5.53. The third-order valence-electron chi connectivity index (χ3n) is 0.828. The van der Waals surface area contributed by atoms with E-state index in [1.807, 2.05) is 0 Å². The molecule has 0 saturated carbocycles. The molecule has 0 fully saturated rings. The van der Waals surface area contributed by atoms with Crippen LogP contribution >= 0.6 is 0 Å². The maximum Gasteiger partial charge on any atom is 0.305 e. The van der Waals surface area contributed by atoms with Crippen LogP contribution in [-0.4, -0.2) is 30.5 Å². The van der Waals surface area contributed by atoms with Crippen LogP contribution in [0.4, 0.5) is 0 Å². The molecule has 0 unspecified atom stereocenters. The fourth-order valence-corrected chi connectivity index (χ4v) is 0.457. The van der Waals surface area contributed by atoms with Crippen LogP contribution in [0.1, 0.15) is 6.42 Å². The van der Waals surface area contributed by atoms with Crippen molar-refractivity contribution in [1.29, 1.82) is 0 Å². The van der Waals surface area contributed by atoms with Gasteiger partial charge < -0.3 is 14.7 Å². The molecule has 1 atom stereocenters. The van der Waals surface area contributed by atoms with Crippen LogP contribution in [0.2, 0.25) is 0 Å². The van der Waals surface area contributed by atoms with Crippen LogP contribution in [0.5, 0.6) is 0 Å². The number of carbonyl (C=O) groups excluding carboxylic acids is 1. The molecular weight excluding hydrogens is 138 g/mol. The zero-order valence-electron chi connectivity index (χ0n) is 5.53. The lowest BCUT2D eigenvalue weighted by Crippen LogP contribution is -2.31. The highest BCUT2D eigenvalue weighted by Crippen LogP contribution is 1.86. The van der Waals surface area contributed by atoms with E-state index in [4.69, 9.17) is 5.11 Å². The lowest BCUT2D eigenvalue weighted by Gasteiger charge is -2.05. The second-order valence-electron chi connectivity index (χ2n) is 1.66. The average molecular weight is 147 g/mol. The van der Waals surface area contributed by atoms with Crippen LogP contribution in [0, 0.1) is 0 Å². The lowest BCUT2D eigenvalue weighted by molar-refractivity contribution is -0.139. The molecule has 0 aromatic rings. The molecule has 58 valence electrons. The highest BCUT2D eigenvalue weighted by atomic mass is 16.6. The summed E-state index contributed by atoms with van der Waals surface area (Å²) in [6.07, 6.45) is 0.217. The van der Waals surface area contributed by atoms with Crippen molar-refractivity contribution in [2.45, 2.75) is 12.5 Å². The number of carboxylic acid groups (broad SMARTS) is 1. The molecule has 0 aromatic carbocycles. The second-order valence-corrected chi connectivity index (χ2v) is 1.66. The summed E-state index contributed by atoms with van der Waals surface area (Å²) in [7, 11) is 1.32. The third-order valence-corrected chi connectivity index (χ3v) is 0.828. The Hall–Kier alpha value is -0.940. The van der Waals surface area contributed by atoms with Crippen molar-refractivity contribution in [3.8, 4) is 0 Å². The van der Waals surface area contributed by atoms with Gasteiger partial charge in [-0.3, -0.25) is 4.79 Å². The number of carboxylic acids is 1.